The summed E-state index contributed by atoms with van der Waals surface area (Å²) in [5.41, 5.74) is 1.46. The molecule has 2 aromatic rings. The highest BCUT2D eigenvalue weighted by molar-refractivity contribution is 5.97. The number of benzene rings is 1. The Balaban J connectivity index is 0.00000192. The molecule has 1 amide bonds. The number of nitrogens with one attached hydrogen (secondary N) is 2. The van der Waals surface area contributed by atoms with E-state index >= 15 is 0 Å². The Morgan fingerprint density at radius 1 is 1.35 bits per heavy atom. The summed E-state index contributed by atoms with van der Waals surface area (Å²) in [6.45, 7) is 3.57. The van der Waals surface area contributed by atoms with E-state index < -0.39 is 5.54 Å². The second-order valence-electron chi connectivity index (χ2n) is 6.08. The minimum atomic E-state index is -0.472. The smallest absolute Gasteiger partial charge is 0.244 e. The first-order valence-corrected chi connectivity index (χ1v) is 7.79. The molecule has 2 heterocycles. The second-order valence-corrected chi connectivity index (χ2v) is 6.08. The summed E-state index contributed by atoms with van der Waals surface area (Å²) in [7, 11) is 0. The number of nitrogens with zero attached hydrogens (tertiary/aromatic N) is 2. The zero-order chi connectivity index (χ0) is 15.4. The van der Waals surface area contributed by atoms with Crippen LogP contribution in [-0.4, -0.2) is 27.8 Å². The number of aromatic nitrogens is 2. The number of halogens is 1. The van der Waals surface area contributed by atoms with Gasteiger partial charge in [-0.2, -0.15) is 5.10 Å². The molecule has 1 aromatic heterocycles. The maximum absolute atomic E-state index is 12.4. The molecule has 0 bridgehead atoms. The first-order chi connectivity index (χ1) is 10.7. The average molecular weight is 335 g/mol. The Labute approximate surface area is 142 Å². The fourth-order valence-corrected chi connectivity index (χ4v) is 2.80. The SMILES string of the molecule is CC1(C(=O)Nc2cnn(Cc3ccccc3)c2)CCCCN1.Cl. The van der Waals surface area contributed by atoms with Gasteiger partial charge in [0.25, 0.3) is 0 Å². The van der Waals surface area contributed by atoms with Crippen molar-refractivity contribution in [3.05, 3.63) is 48.3 Å². The second kappa shape index (κ2) is 7.62. The summed E-state index contributed by atoms with van der Waals surface area (Å²) in [5, 5.41) is 10.6. The Morgan fingerprint density at radius 3 is 2.83 bits per heavy atom. The first kappa shape index (κ1) is 17.5. The van der Waals surface area contributed by atoms with Gasteiger partial charge in [-0.1, -0.05) is 30.3 Å². The minimum absolute atomic E-state index is 0. The molecule has 1 aromatic carbocycles. The third-order valence-electron chi connectivity index (χ3n) is 4.20. The lowest BCUT2D eigenvalue weighted by molar-refractivity contribution is -0.122. The molecule has 0 saturated carbocycles. The zero-order valence-corrected chi connectivity index (χ0v) is 14.1. The third-order valence-corrected chi connectivity index (χ3v) is 4.20. The van der Waals surface area contributed by atoms with Crippen LogP contribution in [0.4, 0.5) is 5.69 Å². The Hall–Kier alpha value is -1.85. The molecular weight excluding hydrogens is 312 g/mol. The van der Waals surface area contributed by atoms with Crippen LogP contribution in [0, 0.1) is 0 Å². The standard InChI is InChI=1S/C17H22N4O.ClH/c1-17(9-5-6-10-18-17)16(22)20-15-11-19-21(13-15)12-14-7-3-2-4-8-14;/h2-4,7-8,11,13,18H,5-6,9-10,12H2,1H3,(H,20,22);1H. The molecular formula is C17H23ClN4O. The number of amides is 1. The lowest BCUT2D eigenvalue weighted by Crippen LogP contribution is -2.54. The van der Waals surface area contributed by atoms with E-state index in [1.807, 2.05) is 36.0 Å². The van der Waals surface area contributed by atoms with Gasteiger partial charge in [0, 0.05) is 6.20 Å². The van der Waals surface area contributed by atoms with Crippen LogP contribution in [0.25, 0.3) is 0 Å². The van der Waals surface area contributed by atoms with E-state index in [0.29, 0.717) is 6.54 Å². The Morgan fingerprint density at radius 2 is 2.13 bits per heavy atom. The molecule has 1 fully saturated rings. The van der Waals surface area contributed by atoms with E-state index in [1.165, 1.54) is 5.56 Å². The van der Waals surface area contributed by atoms with Gasteiger partial charge in [-0.25, -0.2) is 0 Å². The lowest BCUT2D eigenvalue weighted by atomic mass is 9.90. The monoisotopic (exact) mass is 334 g/mol. The zero-order valence-electron chi connectivity index (χ0n) is 13.3. The molecule has 1 saturated heterocycles. The van der Waals surface area contributed by atoms with Crippen molar-refractivity contribution in [1.29, 1.82) is 0 Å². The molecule has 0 radical (unpaired) electrons. The number of hydrogen-bond donors (Lipinski definition) is 2. The van der Waals surface area contributed by atoms with E-state index in [9.17, 15) is 4.79 Å². The molecule has 0 spiro atoms. The summed E-state index contributed by atoms with van der Waals surface area (Å²) in [4.78, 5) is 12.4. The number of carbonyl (C=O) groups is 1. The normalized spacial score (nSPS) is 20.6. The summed E-state index contributed by atoms with van der Waals surface area (Å²) in [6, 6.07) is 10.1. The molecule has 1 aliphatic heterocycles. The predicted molar refractivity (Wildman–Crippen MR) is 93.9 cm³/mol. The van der Waals surface area contributed by atoms with Gasteiger partial charge < -0.3 is 10.6 Å². The van der Waals surface area contributed by atoms with Gasteiger partial charge in [-0.05, 0) is 38.3 Å². The van der Waals surface area contributed by atoms with Crippen LogP contribution in [0.2, 0.25) is 0 Å². The van der Waals surface area contributed by atoms with E-state index in [1.54, 1.807) is 6.20 Å². The van der Waals surface area contributed by atoms with Crippen molar-refractivity contribution in [2.75, 3.05) is 11.9 Å². The number of rotatable bonds is 4. The van der Waals surface area contributed by atoms with Crippen molar-refractivity contribution >= 4 is 24.0 Å². The van der Waals surface area contributed by atoms with E-state index in [4.69, 9.17) is 0 Å². The Bertz CT molecular complexity index is 635. The molecule has 1 unspecified atom stereocenters. The molecule has 1 aliphatic rings. The lowest BCUT2D eigenvalue weighted by Gasteiger charge is -2.33. The maximum Gasteiger partial charge on any atom is 0.244 e. The molecule has 1 atom stereocenters. The van der Waals surface area contributed by atoms with Gasteiger partial charge in [0.15, 0.2) is 0 Å². The van der Waals surface area contributed by atoms with E-state index in [2.05, 4.69) is 27.9 Å². The van der Waals surface area contributed by atoms with Crippen LogP contribution in [0.1, 0.15) is 31.7 Å². The Kier molecular flexibility index (Phi) is 5.80. The molecule has 6 heteroatoms. The largest absolute Gasteiger partial charge is 0.322 e. The van der Waals surface area contributed by atoms with Gasteiger partial charge in [0.2, 0.25) is 5.91 Å². The third kappa shape index (κ3) is 4.33. The number of anilines is 1. The fourth-order valence-electron chi connectivity index (χ4n) is 2.80. The fraction of sp³-hybridized carbons (Fsp3) is 0.412. The highest BCUT2D eigenvalue weighted by Gasteiger charge is 2.34. The number of piperidine rings is 1. The van der Waals surface area contributed by atoms with Gasteiger partial charge in [0.1, 0.15) is 0 Å². The maximum atomic E-state index is 12.4. The summed E-state index contributed by atoms with van der Waals surface area (Å²) in [5.74, 6) is 0.0199. The van der Waals surface area contributed by atoms with Crippen molar-refractivity contribution in [3.8, 4) is 0 Å². The molecule has 23 heavy (non-hydrogen) atoms. The van der Waals surface area contributed by atoms with Crippen LogP contribution in [-0.2, 0) is 11.3 Å². The summed E-state index contributed by atoms with van der Waals surface area (Å²) >= 11 is 0. The van der Waals surface area contributed by atoms with E-state index in [0.717, 1.165) is 31.5 Å². The van der Waals surface area contributed by atoms with Gasteiger partial charge in [0.05, 0.1) is 24.0 Å². The first-order valence-electron chi connectivity index (χ1n) is 7.79. The van der Waals surface area contributed by atoms with Crippen LogP contribution < -0.4 is 10.6 Å². The van der Waals surface area contributed by atoms with Gasteiger partial charge in [-0.15, -0.1) is 12.4 Å². The van der Waals surface area contributed by atoms with Crippen molar-refractivity contribution in [2.45, 2.75) is 38.3 Å². The van der Waals surface area contributed by atoms with Crippen LogP contribution >= 0.6 is 12.4 Å². The quantitative estimate of drug-likeness (QED) is 0.904. The van der Waals surface area contributed by atoms with Crippen molar-refractivity contribution < 1.29 is 4.79 Å². The van der Waals surface area contributed by atoms with Crippen LogP contribution in [0.5, 0.6) is 0 Å². The van der Waals surface area contributed by atoms with Gasteiger partial charge in [-0.3, -0.25) is 9.48 Å². The topological polar surface area (TPSA) is 59.0 Å². The minimum Gasteiger partial charge on any atom is -0.322 e. The summed E-state index contributed by atoms with van der Waals surface area (Å²) < 4.78 is 1.83. The van der Waals surface area contributed by atoms with Crippen molar-refractivity contribution in [1.82, 2.24) is 15.1 Å². The molecule has 124 valence electrons. The van der Waals surface area contributed by atoms with Crippen LogP contribution in [0.3, 0.4) is 0 Å². The summed E-state index contributed by atoms with van der Waals surface area (Å²) in [6.07, 6.45) is 6.67. The van der Waals surface area contributed by atoms with E-state index in [-0.39, 0.29) is 18.3 Å². The average Bonchev–Trinajstić information content (AvgIpc) is 2.96. The van der Waals surface area contributed by atoms with Crippen molar-refractivity contribution in [2.24, 2.45) is 0 Å². The molecule has 5 nitrogen and oxygen atoms in total. The number of carbonyl (C=O) groups excluding carboxylic acids is 1. The van der Waals surface area contributed by atoms with Crippen molar-refractivity contribution in [3.63, 3.8) is 0 Å². The molecule has 2 N–H and O–H groups in total. The van der Waals surface area contributed by atoms with Gasteiger partial charge >= 0.3 is 0 Å². The highest BCUT2D eigenvalue weighted by atomic mass is 35.5. The number of hydrogen-bond acceptors (Lipinski definition) is 3. The van der Waals surface area contributed by atoms with Crippen LogP contribution in [0.15, 0.2) is 42.7 Å². The molecule has 3 rings (SSSR count). The highest BCUT2D eigenvalue weighted by Crippen LogP contribution is 2.20. The molecule has 0 aliphatic carbocycles. The predicted octanol–water partition coefficient (Wildman–Crippen LogP) is 2.82.